The quantitative estimate of drug-likeness (QED) is 0.774. The van der Waals surface area contributed by atoms with Crippen LogP contribution >= 0.6 is 0 Å². The van der Waals surface area contributed by atoms with E-state index in [0.29, 0.717) is 12.6 Å². The summed E-state index contributed by atoms with van der Waals surface area (Å²) in [6, 6.07) is 8.45. The number of anilines is 1. The van der Waals surface area contributed by atoms with Crippen molar-refractivity contribution in [3.63, 3.8) is 0 Å². The van der Waals surface area contributed by atoms with Crippen LogP contribution in [0.4, 0.5) is 6.01 Å². The fourth-order valence-electron chi connectivity index (χ4n) is 3.14. The molecule has 0 saturated carbocycles. The van der Waals surface area contributed by atoms with Gasteiger partial charge in [-0.2, -0.15) is 10.1 Å². The Morgan fingerprint density at radius 1 is 1.36 bits per heavy atom. The van der Waals surface area contributed by atoms with Gasteiger partial charge in [0, 0.05) is 11.3 Å². The predicted molar refractivity (Wildman–Crippen MR) is 82.6 cm³/mol. The number of aliphatic hydroxyl groups excluding tert-OH is 1. The third-order valence-electron chi connectivity index (χ3n) is 4.17. The van der Waals surface area contributed by atoms with Crippen LogP contribution in [0.25, 0.3) is 11.1 Å². The normalized spacial score (nSPS) is 17.6. The van der Waals surface area contributed by atoms with Crippen LogP contribution in [0.5, 0.6) is 0 Å². The van der Waals surface area contributed by atoms with Crippen LogP contribution in [-0.4, -0.2) is 26.5 Å². The first kappa shape index (κ1) is 13.3. The topological polar surface area (TPSA) is 76.1 Å². The van der Waals surface area contributed by atoms with E-state index >= 15 is 0 Å². The number of fused-ring (bicyclic) bond motifs is 2. The molecule has 1 aliphatic rings. The minimum atomic E-state index is 0.108. The SMILES string of the molecule is OCCn1ncc2c1CCCC2Nc1nc2ccccc2o1. The van der Waals surface area contributed by atoms with Crippen LogP contribution in [0.1, 0.15) is 30.1 Å². The van der Waals surface area contributed by atoms with Crippen molar-refractivity contribution >= 4 is 17.1 Å². The Hall–Kier alpha value is -2.34. The number of oxazole rings is 1. The van der Waals surface area contributed by atoms with E-state index in [0.717, 1.165) is 30.4 Å². The van der Waals surface area contributed by atoms with Gasteiger partial charge in [-0.15, -0.1) is 0 Å². The Morgan fingerprint density at radius 3 is 3.14 bits per heavy atom. The molecule has 6 heteroatoms. The van der Waals surface area contributed by atoms with E-state index in [9.17, 15) is 0 Å². The minimum absolute atomic E-state index is 0.108. The third-order valence-corrected chi connectivity index (χ3v) is 4.17. The molecule has 0 spiro atoms. The molecule has 0 aliphatic heterocycles. The summed E-state index contributed by atoms with van der Waals surface area (Å²) in [6.45, 7) is 0.655. The van der Waals surface area contributed by atoms with Crippen LogP contribution in [0, 0.1) is 0 Å². The maximum atomic E-state index is 9.12. The summed E-state index contributed by atoms with van der Waals surface area (Å²) in [5, 5.41) is 16.9. The van der Waals surface area contributed by atoms with Crippen LogP contribution in [0.3, 0.4) is 0 Å². The summed E-state index contributed by atoms with van der Waals surface area (Å²) in [6.07, 6.45) is 5.00. The molecule has 6 nitrogen and oxygen atoms in total. The highest BCUT2D eigenvalue weighted by atomic mass is 16.4. The Morgan fingerprint density at radius 2 is 2.27 bits per heavy atom. The number of rotatable bonds is 4. The molecule has 114 valence electrons. The second-order valence-corrected chi connectivity index (χ2v) is 5.57. The highest BCUT2D eigenvalue weighted by Crippen LogP contribution is 2.33. The summed E-state index contributed by atoms with van der Waals surface area (Å²) in [7, 11) is 0. The Bertz CT molecular complexity index is 759. The van der Waals surface area contributed by atoms with Gasteiger partial charge >= 0.3 is 0 Å². The number of aromatic nitrogens is 3. The predicted octanol–water partition coefficient (Wildman–Crippen LogP) is 2.51. The van der Waals surface area contributed by atoms with Gasteiger partial charge in [-0.3, -0.25) is 4.68 Å². The summed E-state index contributed by atoms with van der Waals surface area (Å²) < 4.78 is 7.65. The van der Waals surface area contributed by atoms with Gasteiger partial charge in [-0.25, -0.2) is 0 Å². The largest absolute Gasteiger partial charge is 0.424 e. The maximum Gasteiger partial charge on any atom is 0.296 e. The van der Waals surface area contributed by atoms with Crippen molar-refractivity contribution in [1.29, 1.82) is 0 Å². The van der Waals surface area contributed by atoms with Crippen molar-refractivity contribution in [3.8, 4) is 0 Å². The van der Waals surface area contributed by atoms with Crippen molar-refractivity contribution in [2.45, 2.75) is 31.8 Å². The van der Waals surface area contributed by atoms with Gasteiger partial charge in [0.25, 0.3) is 6.01 Å². The molecule has 1 aromatic carbocycles. The number of benzene rings is 1. The molecule has 0 fully saturated rings. The van der Waals surface area contributed by atoms with Gasteiger partial charge < -0.3 is 14.8 Å². The van der Waals surface area contributed by atoms with E-state index in [-0.39, 0.29) is 12.6 Å². The maximum absolute atomic E-state index is 9.12. The fourth-order valence-corrected chi connectivity index (χ4v) is 3.14. The van der Waals surface area contributed by atoms with Gasteiger partial charge in [-0.1, -0.05) is 12.1 Å². The van der Waals surface area contributed by atoms with Crippen molar-refractivity contribution in [3.05, 3.63) is 41.7 Å². The molecule has 0 radical (unpaired) electrons. The monoisotopic (exact) mass is 298 g/mol. The molecule has 2 aromatic heterocycles. The molecule has 1 aliphatic carbocycles. The van der Waals surface area contributed by atoms with Gasteiger partial charge in [0.05, 0.1) is 25.4 Å². The van der Waals surface area contributed by atoms with E-state index < -0.39 is 0 Å². The fraction of sp³-hybridized carbons (Fsp3) is 0.375. The molecule has 1 atom stereocenters. The van der Waals surface area contributed by atoms with Crippen LogP contribution in [0.2, 0.25) is 0 Å². The number of para-hydroxylation sites is 2. The first-order valence-electron chi connectivity index (χ1n) is 7.62. The van der Waals surface area contributed by atoms with Crippen molar-refractivity contribution < 1.29 is 9.52 Å². The number of hydrogen-bond donors (Lipinski definition) is 2. The van der Waals surface area contributed by atoms with E-state index in [1.54, 1.807) is 0 Å². The Balaban J connectivity index is 1.61. The highest BCUT2D eigenvalue weighted by molar-refractivity contribution is 5.74. The first-order valence-corrected chi connectivity index (χ1v) is 7.62. The van der Waals surface area contributed by atoms with E-state index in [1.165, 1.54) is 11.3 Å². The van der Waals surface area contributed by atoms with Gasteiger partial charge in [-0.05, 0) is 31.4 Å². The molecule has 22 heavy (non-hydrogen) atoms. The molecule has 3 aromatic rings. The van der Waals surface area contributed by atoms with Crippen LogP contribution in [0.15, 0.2) is 34.9 Å². The molecule has 0 amide bonds. The summed E-state index contributed by atoms with van der Waals surface area (Å²) in [5.74, 6) is 0. The van der Waals surface area contributed by atoms with Gasteiger partial charge in [0.1, 0.15) is 5.52 Å². The molecule has 0 bridgehead atoms. The Kier molecular flexibility index (Phi) is 3.31. The number of aliphatic hydroxyl groups is 1. The summed E-state index contributed by atoms with van der Waals surface area (Å²) >= 11 is 0. The van der Waals surface area contributed by atoms with Gasteiger partial charge in [0.2, 0.25) is 0 Å². The minimum Gasteiger partial charge on any atom is -0.424 e. The molecule has 2 N–H and O–H groups in total. The lowest BCUT2D eigenvalue weighted by Gasteiger charge is -2.23. The van der Waals surface area contributed by atoms with Crippen LogP contribution < -0.4 is 5.32 Å². The number of nitrogens with zero attached hydrogens (tertiary/aromatic N) is 3. The van der Waals surface area contributed by atoms with Crippen LogP contribution in [-0.2, 0) is 13.0 Å². The second kappa shape index (κ2) is 5.46. The molecule has 0 saturated heterocycles. The van der Waals surface area contributed by atoms with E-state index in [1.807, 2.05) is 35.1 Å². The smallest absolute Gasteiger partial charge is 0.296 e. The second-order valence-electron chi connectivity index (χ2n) is 5.57. The highest BCUT2D eigenvalue weighted by Gasteiger charge is 2.25. The standard InChI is InChI=1S/C16H18N4O2/c21-9-8-20-14-6-3-5-12(11(14)10-17-20)18-16-19-13-4-1-2-7-15(13)22-16/h1-2,4,7,10,12,21H,3,5-6,8-9H2,(H,18,19). The zero-order valence-electron chi connectivity index (χ0n) is 12.2. The van der Waals surface area contributed by atoms with Crippen molar-refractivity contribution in [2.75, 3.05) is 11.9 Å². The third kappa shape index (κ3) is 2.25. The number of hydrogen-bond acceptors (Lipinski definition) is 5. The van der Waals surface area contributed by atoms with Gasteiger partial charge in [0.15, 0.2) is 5.58 Å². The molecule has 4 rings (SSSR count). The molecular formula is C16H18N4O2. The van der Waals surface area contributed by atoms with Crippen molar-refractivity contribution in [2.24, 2.45) is 0 Å². The lowest BCUT2D eigenvalue weighted by Crippen LogP contribution is -2.19. The van der Waals surface area contributed by atoms with Crippen molar-refractivity contribution in [1.82, 2.24) is 14.8 Å². The molecule has 2 heterocycles. The Labute approximate surface area is 127 Å². The number of nitrogens with one attached hydrogen (secondary N) is 1. The average Bonchev–Trinajstić information content (AvgIpc) is 3.12. The zero-order chi connectivity index (χ0) is 14.9. The lowest BCUT2D eigenvalue weighted by atomic mass is 9.93. The summed E-state index contributed by atoms with van der Waals surface area (Å²) in [5.41, 5.74) is 4.03. The van der Waals surface area contributed by atoms with E-state index in [2.05, 4.69) is 15.4 Å². The molecule has 1 unspecified atom stereocenters. The lowest BCUT2D eigenvalue weighted by molar-refractivity contribution is 0.266. The van der Waals surface area contributed by atoms with E-state index in [4.69, 9.17) is 9.52 Å². The zero-order valence-corrected chi connectivity index (χ0v) is 12.2. The molecular weight excluding hydrogens is 280 g/mol. The average molecular weight is 298 g/mol. The first-order chi connectivity index (χ1) is 10.8. The summed E-state index contributed by atoms with van der Waals surface area (Å²) in [4.78, 5) is 4.48.